The van der Waals surface area contributed by atoms with Gasteiger partial charge in [-0.05, 0) is 12.0 Å². The van der Waals surface area contributed by atoms with E-state index in [1.807, 2.05) is 0 Å². The van der Waals surface area contributed by atoms with Crippen molar-refractivity contribution in [2.24, 2.45) is 0 Å². The summed E-state index contributed by atoms with van der Waals surface area (Å²) in [4.78, 5) is 47.6. The van der Waals surface area contributed by atoms with Crippen LogP contribution in [0.15, 0.2) is 30.6 Å². The van der Waals surface area contributed by atoms with Gasteiger partial charge in [-0.2, -0.15) is 5.01 Å². The first-order valence-electron chi connectivity index (χ1n) is 8.93. The van der Waals surface area contributed by atoms with Crippen LogP contribution in [0, 0.1) is 0 Å². The van der Waals surface area contributed by atoms with Gasteiger partial charge >= 0.3 is 5.97 Å². The number of carbonyl (C=O) groups excluding carboxylic acids is 3. The molecule has 1 aliphatic rings. The molecule has 0 radical (unpaired) electrons. The van der Waals surface area contributed by atoms with Crippen molar-refractivity contribution in [2.45, 2.75) is 38.6 Å². The Morgan fingerprint density at radius 1 is 1.00 bits per heavy atom. The number of aliphatic carboxylic acids is 1. The Morgan fingerprint density at radius 3 is 2.21 bits per heavy atom. The van der Waals surface area contributed by atoms with Crippen molar-refractivity contribution in [3.63, 3.8) is 0 Å². The van der Waals surface area contributed by atoms with Gasteiger partial charge in [0.2, 0.25) is 23.5 Å². The number of amides is 3. The van der Waals surface area contributed by atoms with Gasteiger partial charge in [0.1, 0.15) is 0 Å². The molecule has 150 valence electrons. The van der Waals surface area contributed by atoms with E-state index in [0.717, 1.165) is 10.0 Å². The van der Waals surface area contributed by atoms with Crippen LogP contribution in [0.4, 0.5) is 0 Å². The maximum Gasteiger partial charge on any atom is 0.303 e. The zero-order valence-electron chi connectivity index (χ0n) is 15.4. The van der Waals surface area contributed by atoms with Crippen LogP contribution in [-0.2, 0) is 25.7 Å². The first-order chi connectivity index (χ1) is 14.0. The smallest absolute Gasteiger partial charge is 0.303 e. The summed E-state index contributed by atoms with van der Waals surface area (Å²) < 4.78 is 0. The molecule has 0 atom stereocenters. The Bertz CT molecular complexity index is 902. The molecule has 29 heavy (non-hydrogen) atoms. The van der Waals surface area contributed by atoms with E-state index >= 15 is 0 Å². The van der Waals surface area contributed by atoms with Crippen LogP contribution in [0.5, 0.6) is 0 Å². The Kier molecular flexibility index (Phi) is 6.17. The quantitative estimate of drug-likeness (QED) is 0.631. The number of hydrogen-bond donors (Lipinski definition) is 1. The molecule has 3 amide bonds. The number of carboxylic acid groups (broad SMARTS) is 1. The van der Waals surface area contributed by atoms with Crippen LogP contribution in [0.25, 0.3) is 11.4 Å². The molecule has 1 fully saturated rings. The summed E-state index contributed by atoms with van der Waals surface area (Å²) in [6.45, 7) is -0.00416. The van der Waals surface area contributed by atoms with Gasteiger partial charge < -0.3 is 5.11 Å². The fourth-order valence-corrected chi connectivity index (χ4v) is 2.88. The maximum absolute atomic E-state index is 12.6. The molecule has 3 rings (SSSR count). The summed E-state index contributed by atoms with van der Waals surface area (Å²) in [6, 6.07) is 6.87. The number of nitrogens with zero attached hydrogens (tertiary/aromatic N) is 6. The Morgan fingerprint density at radius 2 is 1.62 bits per heavy atom. The van der Waals surface area contributed by atoms with Gasteiger partial charge in [0.15, 0.2) is 6.33 Å². The van der Waals surface area contributed by atoms with Crippen molar-refractivity contribution in [3.05, 3.63) is 36.2 Å². The Hall–Kier alpha value is -3.76. The normalized spacial score (nSPS) is 13.6. The SMILES string of the molecule is O=C(O)CCCC(=O)N(Cc1ccc(-c2nncnn2)cc1)N1C(=O)CCC1=O. The second-order valence-corrected chi connectivity index (χ2v) is 6.36. The van der Waals surface area contributed by atoms with Crippen LogP contribution < -0.4 is 0 Å². The molecule has 11 nitrogen and oxygen atoms in total. The molecule has 0 unspecified atom stereocenters. The summed E-state index contributed by atoms with van der Waals surface area (Å²) in [7, 11) is 0. The Labute approximate surface area is 165 Å². The van der Waals surface area contributed by atoms with Gasteiger partial charge in [-0.3, -0.25) is 19.2 Å². The number of carboxylic acids is 1. The van der Waals surface area contributed by atoms with Gasteiger partial charge in [-0.25, -0.2) is 5.01 Å². The summed E-state index contributed by atoms with van der Waals surface area (Å²) in [6.07, 6.45) is 1.16. The molecule has 1 aromatic carbocycles. The minimum absolute atomic E-state index is 0.00416. The van der Waals surface area contributed by atoms with Crippen LogP contribution in [-0.4, -0.2) is 59.2 Å². The highest BCUT2D eigenvalue weighted by Gasteiger charge is 2.36. The number of hydrogen-bond acceptors (Lipinski definition) is 8. The van der Waals surface area contributed by atoms with Crippen LogP contribution >= 0.6 is 0 Å². The molecule has 1 N–H and O–H groups in total. The molecule has 1 aliphatic heterocycles. The van der Waals surface area contributed by atoms with Gasteiger partial charge in [0.05, 0.1) is 6.54 Å². The average Bonchev–Trinajstić information content (AvgIpc) is 3.05. The van der Waals surface area contributed by atoms with Crippen molar-refractivity contribution in [1.29, 1.82) is 0 Å². The van der Waals surface area contributed by atoms with E-state index in [1.165, 1.54) is 6.33 Å². The lowest BCUT2D eigenvalue weighted by Crippen LogP contribution is -2.48. The molecular weight excluding hydrogens is 380 g/mol. The van der Waals surface area contributed by atoms with Crippen molar-refractivity contribution in [3.8, 4) is 11.4 Å². The van der Waals surface area contributed by atoms with Gasteiger partial charge in [-0.15, -0.1) is 20.4 Å². The van der Waals surface area contributed by atoms with Crippen LogP contribution in [0.2, 0.25) is 0 Å². The van der Waals surface area contributed by atoms with Crippen molar-refractivity contribution in [2.75, 3.05) is 0 Å². The second kappa shape index (κ2) is 8.95. The van der Waals surface area contributed by atoms with E-state index in [9.17, 15) is 19.2 Å². The van der Waals surface area contributed by atoms with E-state index in [4.69, 9.17) is 5.11 Å². The minimum atomic E-state index is -1.01. The molecule has 1 aromatic heterocycles. The van der Waals surface area contributed by atoms with Crippen molar-refractivity contribution >= 4 is 23.7 Å². The largest absolute Gasteiger partial charge is 0.481 e. The lowest BCUT2D eigenvalue weighted by molar-refractivity contribution is -0.169. The molecule has 1 saturated heterocycles. The molecule has 11 heteroatoms. The molecule has 2 heterocycles. The predicted molar refractivity (Wildman–Crippen MR) is 96.2 cm³/mol. The standard InChI is InChI=1S/C18H18N6O5/c25-14(2-1-3-17(28)29)23(24-15(26)8-9-16(24)27)10-12-4-6-13(7-5-12)18-21-19-11-20-22-18/h4-7,11H,1-3,8-10H2,(H,28,29). The molecule has 0 saturated carbocycles. The third kappa shape index (κ3) is 4.94. The summed E-state index contributed by atoms with van der Waals surface area (Å²) in [5.74, 6) is -2.06. The van der Waals surface area contributed by atoms with E-state index < -0.39 is 23.7 Å². The van der Waals surface area contributed by atoms with Crippen LogP contribution in [0.1, 0.15) is 37.7 Å². The number of aromatic nitrogens is 4. The Balaban J connectivity index is 1.77. The van der Waals surface area contributed by atoms with Crippen LogP contribution in [0.3, 0.4) is 0 Å². The van der Waals surface area contributed by atoms with E-state index in [1.54, 1.807) is 24.3 Å². The third-order valence-corrected chi connectivity index (χ3v) is 4.29. The minimum Gasteiger partial charge on any atom is -0.481 e. The maximum atomic E-state index is 12.6. The van der Waals surface area contributed by atoms with Gasteiger partial charge in [0.25, 0.3) is 0 Å². The van der Waals surface area contributed by atoms with Crippen molar-refractivity contribution < 1.29 is 24.3 Å². The van der Waals surface area contributed by atoms with E-state index in [2.05, 4.69) is 20.4 Å². The lowest BCUT2D eigenvalue weighted by atomic mass is 10.1. The number of benzene rings is 1. The molecule has 0 spiro atoms. The number of carbonyl (C=O) groups is 4. The van der Waals surface area contributed by atoms with Gasteiger partial charge in [-0.1, -0.05) is 24.3 Å². The molecular formula is C18H18N6O5. The average molecular weight is 398 g/mol. The summed E-state index contributed by atoms with van der Waals surface area (Å²) in [5, 5.41) is 25.8. The highest BCUT2D eigenvalue weighted by atomic mass is 16.4. The second-order valence-electron chi connectivity index (χ2n) is 6.36. The zero-order chi connectivity index (χ0) is 20.8. The number of imide groups is 1. The lowest BCUT2D eigenvalue weighted by Gasteiger charge is -2.30. The highest BCUT2D eigenvalue weighted by Crippen LogP contribution is 2.21. The fourth-order valence-electron chi connectivity index (χ4n) is 2.88. The summed E-state index contributed by atoms with van der Waals surface area (Å²) >= 11 is 0. The first-order valence-corrected chi connectivity index (χ1v) is 8.93. The molecule has 2 aromatic rings. The third-order valence-electron chi connectivity index (χ3n) is 4.29. The number of rotatable bonds is 8. The predicted octanol–water partition coefficient (Wildman–Crippen LogP) is 0.581. The monoisotopic (exact) mass is 398 g/mol. The number of hydrazine groups is 1. The van der Waals surface area contributed by atoms with Crippen molar-refractivity contribution in [1.82, 2.24) is 30.4 Å². The topological polar surface area (TPSA) is 147 Å². The van der Waals surface area contributed by atoms with Gasteiger partial charge in [0, 0.05) is 31.2 Å². The highest BCUT2D eigenvalue weighted by molar-refractivity contribution is 6.03. The zero-order valence-corrected chi connectivity index (χ0v) is 15.4. The fraction of sp³-hybridized carbons (Fsp3) is 0.333. The van der Waals surface area contributed by atoms with E-state index in [-0.39, 0.29) is 38.6 Å². The molecule has 0 bridgehead atoms. The van der Waals surface area contributed by atoms with E-state index in [0.29, 0.717) is 17.0 Å². The first kappa shape index (κ1) is 20.0. The summed E-state index contributed by atoms with van der Waals surface area (Å²) in [5.41, 5.74) is 1.34. The molecule has 0 aliphatic carbocycles.